The third kappa shape index (κ3) is 3.30. The number of likely N-dealkylation sites (tertiary alicyclic amines) is 1. The zero-order valence-electron chi connectivity index (χ0n) is 16.7. The first-order valence-electron chi connectivity index (χ1n) is 10.4. The summed E-state index contributed by atoms with van der Waals surface area (Å²) in [6, 6.07) is 20.0. The van der Waals surface area contributed by atoms with Crippen LogP contribution in [-0.2, 0) is 27.8 Å². The molecule has 0 aliphatic carbocycles. The summed E-state index contributed by atoms with van der Waals surface area (Å²) < 4.78 is 28.9. The van der Waals surface area contributed by atoms with Gasteiger partial charge in [-0.1, -0.05) is 54.6 Å². The molecule has 0 spiro atoms. The van der Waals surface area contributed by atoms with Crippen molar-refractivity contribution in [1.29, 1.82) is 0 Å². The third-order valence-electron chi connectivity index (χ3n) is 6.24. The van der Waals surface area contributed by atoms with E-state index in [0.717, 1.165) is 34.7 Å². The lowest BCUT2D eigenvalue weighted by atomic mass is 9.95. The third-order valence-corrected chi connectivity index (χ3v) is 8.09. The van der Waals surface area contributed by atoms with E-state index in [9.17, 15) is 13.2 Å². The quantitative estimate of drug-likeness (QED) is 0.651. The Labute approximate surface area is 177 Å². The highest BCUT2D eigenvalue weighted by atomic mass is 32.2. The van der Waals surface area contributed by atoms with Gasteiger partial charge in [-0.15, -0.1) is 0 Å². The van der Waals surface area contributed by atoms with Gasteiger partial charge in [0.15, 0.2) is 0 Å². The molecule has 5 nitrogen and oxygen atoms in total. The van der Waals surface area contributed by atoms with Crippen molar-refractivity contribution in [2.24, 2.45) is 0 Å². The van der Waals surface area contributed by atoms with Gasteiger partial charge in [-0.25, -0.2) is 8.42 Å². The number of hydrogen-bond donors (Lipinski definition) is 0. The number of fused-ring (bicyclic) bond motifs is 2. The molecule has 1 unspecified atom stereocenters. The molecule has 0 saturated carbocycles. The molecule has 3 aromatic rings. The Balaban J connectivity index is 1.58. The number of rotatable bonds is 3. The van der Waals surface area contributed by atoms with E-state index in [0.29, 0.717) is 19.5 Å². The molecule has 30 heavy (non-hydrogen) atoms. The number of benzene rings is 3. The van der Waals surface area contributed by atoms with Crippen LogP contribution < -0.4 is 0 Å². The molecule has 0 aromatic heterocycles. The molecule has 1 amide bonds. The van der Waals surface area contributed by atoms with E-state index in [2.05, 4.69) is 0 Å². The van der Waals surface area contributed by atoms with Crippen LogP contribution in [0.4, 0.5) is 0 Å². The van der Waals surface area contributed by atoms with Crippen molar-refractivity contribution in [1.82, 2.24) is 9.21 Å². The first-order valence-corrected chi connectivity index (χ1v) is 11.8. The summed E-state index contributed by atoms with van der Waals surface area (Å²) in [5.74, 6) is -0.0774. The molecule has 0 bridgehead atoms. The zero-order valence-corrected chi connectivity index (χ0v) is 17.5. The standard InChI is InChI=1S/C24H24N2O3S/c27-24(25-13-5-6-14-25)23-16-20-9-3-4-10-21(20)17-26(23)30(28,29)22-12-11-18-7-1-2-8-19(18)15-22/h1-4,7-12,15,23H,5-6,13-14,16-17H2. The van der Waals surface area contributed by atoms with E-state index in [1.807, 2.05) is 59.5 Å². The van der Waals surface area contributed by atoms with Crippen molar-refractivity contribution in [2.45, 2.75) is 36.7 Å². The fraction of sp³-hybridized carbons (Fsp3) is 0.292. The van der Waals surface area contributed by atoms with Crippen molar-refractivity contribution in [2.75, 3.05) is 13.1 Å². The molecule has 0 N–H and O–H groups in total. The summed E-state index contributed by atoms with van der Waals surface area (Å²) in [7, 11) is -3.83. The van der Waals surface area contributed by atoms with Crippen LogP contribution in [0.25, 0.3) is 10.8 Å². The van der Waals surface area contributed by atoms with Crippen LogP contribution in [-0.4, -0.2) is 42.7 Å². The molecule has 2 aliphatic rings. The maximum atomic E-state index is 13.7. The lowest BCUT2D eigenvalue weighted by Gasteiger charge is -2.36. The number of carbonyl (C=O) groups is 1. The second-order valence-corrected chi connectivity index (χ2v) is 9.97. The van der Waals surface area contributed by atoms with Gasteiger partial charge in [0, 0.05) is 19.6 Å². The summed E-state index contributed by atoms with van der Waals surface area (Å²) >= 11 is 0. The molecule has 2 aliphatic heterocycles. The average Bonchev–Trinajstić information content (AvgIpc) is 3.32. The molecule has 2 heterocycles. The lowest BCUT2D eigenvalue weighted by molar-refractivity contribution is -0.134. The van der Waals surface area contributed by atoms with Gasteiger partial charge in [0.25, 0.3) is 0 Å². The van der Waals surface area contributed by atoms with Crippen LogP contribution >= 0.6 is 0 Å². The van der Waals surface area contributed by atoms with E-state index >= 15 is 0 Å². The first kappa shape index (κ1) is 19.3. The molecule has 1 saturated heterocycles. The van der Waals surface area contributed by atoms with Crippen molar-refractivity contribution < 1.29 is 13.2 Å². The number of hydrogen-bond acceptors (Lipinski definition) is 3. The van der Waals surface area contributed by atoms with Crippen LogP contribution in [0.15, 0.2) is 71.6 Å². The van der Waals surface area contributed by atoms with E-state index in [1.54, 1.807) is 12.1 Å². The van der Waals surface area contributed by atoms with Crippen LogP contribution in [0.1, 0.15) is 24.0 Å². The Bertz CT molecular complexity index is 1220. The zero-order chi connectivity index (χ0) is 20.7. The summed E-state index contributed by atoms with van der Waals surface area (Å²) in [5, 5.41) is 1.86. The summed E-state index contributed by atoms with van der Waals surface area (Å²) in [6.45, 7) is 1.64. The average molecular weight is 421 g/mol. The first-order chi connectivity index (χ1) is 14.5. The molecular formula is C24H24N2O3S. The minimum Gasteiger partial charge on any atom is -0.341 e. The van der Waals surface area contributed by atoms with Crippen LogP contribution in [0.3, 0.4) is 0 Å². The van der Waals surface area contributed by atoms with Crippen molar-refractivity contribution in [3.05, 3.63) is 77.9 Å². The second kappa shape index (κ2) is 7.52. The number of sulfonamides is 1. The van der Waals surface area contributed by atoms with Gasteiger partial charge in [0.1, 0.15) is 6.04 Å². The van der Waals surface area contributed by atoms with Crippen LogP contribution in [0.2, 0.25) is 0 Å². The van der Waals surface area contributed by atoms with Gasteiger partial charge in [-0.05, 0) is 53.3 Å². The summed E-state index contributed by atoms with van der Waals surface area (Å²) in [4.78, 5) is 15.4. The Morgan fingerprint density at radius 3 is 2.27 bits per heavy atom. The van der Waals surface area contributed by atoms with Crippen molar-refractivity contribution in [3.63, 3.8) is 0 Å². The lowest BCUT2D eigenvalue weighted by Crippen LogP contribution is -2.53. The maximum absolute atomic E-state index is 13.7. The molecule has 154 valence electrons. The van der Waals surface area contributed by atoms with E-state index < -0.39 is 16.1 Å². The summed E-state index contributed by atoms with van der Waals surface area (Å²) in [5.41, 5.74) is 2.02. The largest absolute Gasteiger partial charge is 0.341 e. The van der Waals surface area contributed by atoms with Gasteiger partial charge < -0.3 is 4.90 Å². The van der Waals surface area contributed by atoms with Gasteiger partial charge in [0.05, 0.1) is 4.90 Å². The molecule has 1 atom stereocenters. The van der Waals surface area contributed by atoms with Crippen LogP contribution in [0.5, 0.6) is 0 Å². The minimum absolute atomic E-state index is 0.0774. The second-order valence-electron chi connectivity index (χ2n) is 8.08. The summed E-state index contributed by atoms with van der Waals surface area (Å²) in [6.07, 6.45) is 2.37. The highest BCUT2D eigenvalue weighted by Crippen LogP contribution is 2.31. The smallest absolute Gasteiger partial charge is 0.244 e. The molecule has 5 rings (SSSR count). The van der Waals surface area contributed by atoms with Gasteiger partial charge in [-0.2, -0.15) is 4.31 Å². The van der Waals surface area contributed by atoms with Crippen molar-refractivity contribution >= 4 is 26.7 Å². The van der Waals surface area contributed by atoms with Gasteiger partial charge in [-0.3, -0.25) is 4.79 Å². The predicted octanol–water partition coefficient (Wildman–Crippen LogP) is 3.58. The van der Waals surface area contributed by atoms with E-state index in [4.69, 9.17) is 0 Å². The molecular weight excluding hydrogens is 396 g/mol. The topological polar surface area (TPSA) is 57.7 Å². The van der Waals surface area contributed by atoms with Gasteiger partial charge >= 0.3 is 0 Å². The predicted molar refractivity (Wildman–Crippen MR) is 116 cm³/mol. The Hall–Kier alpha value is -2.70. The number of amides is 1. The normalized spacial score (nSPS) is 19.7. The maximum Gasteiger partial charge on any atom is 0.244 e. The molecule has 1 fully saturated rings. The van der Waals surface area contributed by atoms with E-state index in [-0.39, 0.29) is 17.3 Å². The SMILES string of the molecule is O=C(C1Cc2ccccc2CN1S(=O)(=O)c1ccc2ccccc2c1)N1CCCC1. The number of carbonyl (C=O) groups excluding carboxylic acids is 1. The minimum atomic E-state index is -3.83. The molecule has 6 heteroatoms. The Morgan fingerprint density at radius 1 is 0.833 bits per heavy atom. The monoisotopic (exact) mass is 420 g/mol. The highest BCUT2D eigenvalue weighted by molar-refractivity contribution is 7.89. The fourth-order valence-corrected chi connectivity index (χ4v) is 6.17. The van der Waals surface area contributed by atoms with Gasteiger partial charge in [0.2, 0.25) is 15.9 Å². The van der Waals surface area contributed by atoms with Crippen LogP contribution in [0, 0.1) is 0 Å². The Morgan fingerprint density at radius 2 is 1.50 bits per heavy atom. The highest BCUT2D eigenvalue weighted by Gasteiger charge is 2.41. The van der Waals surface area contributed by atoms with E-state index in [1.165, 1.54) is 4.31 Å². The molecule has 3 aromatic carbocycles. The van der Waals surface area contributed by atoms with Crippen molar-refractivity contribution in [3.8, 4) is 0 Å². The fourth-order valence-electron chi connectivity index (χ4n) is 4.57. The Kier molecular flexibility index (Phi) is 4.83. The molecule has 0 radical (unpaired) electrons. The number of nitrogens with zero attached hydrogens (tertiary/aromatic N) is 2.